The van der Waals surface area contributed by atoms with E-state index in [1.807, 2.05) is 30.3 Å². The summed E-state index contributed by atoms with van der Waals surface area (Å²) in [6, 6.07) is 9.81. The Morgan fingerprint density at radius 2 is 2.00 bits per heavy atom. The zero-order valence-corrected chi connectivity index (χ0v) is 13.2. The maximum Gasteiger partial charge on any atom is 0.407 e. The van der Waals surface area contributed by atoms with Gasteiger partial charge >= 0.3 is 6.09 Å². The van der Waals surface area contributed by atoms with Gasteiger partial charge < -0.3 is 14.7 Å². The number of aromatic nitrogens is 2. The summed E-state index contributed by atoms with van der Waals surface area (Å²) in [5, 5.41) is 9.09. The smallest absolute Gasteiger partial charge is 0.407 e. The van der Waals surface area contributed by atoms with Crippen LogP contribution < -0.4 is 4.74 Å². The molecular weight excluding hydrogens is 306 g/mol. The number of carboxylic acid groups (broad SMARTS) is 1. The second kappa shape index (κ2) is 6.11. The standard InChI is InChI=1S/C18H19N3O3/c22-18(23)21-9-13-7-16(8-14(13)10-21)24-15-3-1-2-12(6-15)17-4-5-19-11-20-17/h1-6,11,13-14,16H,7-10H2,(H,22,23)/t13-,14+,16-. The zero-order valence-electron chi connectivity index (χ0n) is 13.2. The molecule has 1 aromatic heterocycles. The van der Waals surface area contributed by atoms with Gasteiger partial charge in [-0.3, -0.25) is 0 Å². The van der Waals surface area contributed by atoms with Crippen LogP contribution in [0.3, 0.4) is 0 Å². The van der Waals surface area contributed by atoms with Crippen LogP contribution in [-0.2, 0) is 0 Å². The number of hydrogen-bond acceptors (Lipinski definition) is 4. The van der Waals surface area contributed by atoms with E-state index < -0.39 is 6.09 Å². The first kappa shape index (κ1) is 14.9. The summed E-state index contributed by atoms with van der Waals surface area (Å²) in [6.07, 6.45) is 4.46. The van der Waals surface area contributed by atoms with Crippen molar-refractivity contribution >= 4 is 6.09 Å². The van der Waals surface area contributed by atoms with Gasteiger partial charge in [0.25, 0.3) is 0 Å². The first-order valence-electron chi connectivity index (χ1n) is 8.20. The van der Waals surface area contributed by atoms with Gasteiger partial charge in [0.15, 0.2) is 0 Å². The second-order valence-corrected chi connectivity index (χ2v) is 6.54. The van der Waals surface area contributed by atoms with Gasteiger partial charge in [0.2, 0.25) is 0 Å². The number of ether oxygens (including phenoxy) is 1. The van der Waals surface area contributed by atoms with Gasteiger partial charge in [-0.25, -0.2) is 14.8 Å². The molecule has 2 fully saturated rings. The molecule has 0 radical (unpaired) electrons. The van der Waals surface area contributed by atoms with E-state index in [0.717, 1.165) is 29.8 Å². The SMILES string of the molecule is O=C(O)N1C[C@H]2C[C@@H](Oc3cccc(-c4ccncn4)c3)C[C@H]2C1. The van der Waals surface area contributed by atoms with Crippen molar-refractivity contribution in [2.75, 3.05) is 13.1 Å². The van der Waals surface area contributed by atoms with Gasteiger partial charge in [0.1, 0.15) is 12.1 Å². The van der Waals surface area contributed by atoms with E-state index in [0.29, 0.717) is 24.9 Å². The van der Waals surface area contributed by atoms with Crippen LogP contribution >= 0.6 is 0 Å². The molecule has 24 heavy (non-hydrogen) atoms. The van der Waals surface area contributed by atoms with Gasteiger partial charge in [-0.1, -0.05) is 12.1 Å². The summed E-state index contributed by atoms with van der Waals surface area (Å²) in [4.78, 5) is 20.8. The molecule has 1 N–H and O–H groups in total. The number of likely N-dealkylation sites (tertiary alicyclic amines) is 1. The monoisotopic (exact) mass is 325 g/mol. The number of amides is 1. The Kier molecular flexibility index (Phi) is 3.80. The number of hydrogen-bond donors (Lipinski definition) is 1. The van der Waals surface area contributed by atoms with Crippen LogP contribution in [0.4, 0.5) is 4.79 Å². The average molecular weight is 325 g/mol. The molecule has 0 bridgehead atoms. The summed E-state index contributed by atoms with van der Waals surface area (Å²) in [7, 11) is 0. The number of fused-ring (bicyclic) bond motifs is 1. The van der Waals surface area contributed by atoms with Gasteiger partial charge in [0.05, 0.1) is 11.8 Å². The van der Waals surface area contributed by atoms with Crippen molar-refractivity contribution < 1.29 is 14.6 Å². The van der Waals surface area contributed by atoms with Crippen LogP contribution in [-0.4, -0.2) is 45.3 Å². The van der Waals surface area contributed by atoms with Gasteiger partial charge in [-0.2, -0.15) is 0 Å². The fourth-order valence-electron chi connectivity index (χ4n) is 3.88. The lowest BCUT2D eigenvalue weighted by Crippen LogP contribution is -2.29. The van der Waals surface area contributed by atoms with E-state index >= 15 is 0 Å². The molecule has 2 aromatic rings. The van der Waals surface area contributed by atoms with Crippen molar-refractivity contribution in [3.05, 3.63) is 42.9 Å². The number of benzene rings is 1. The average Bonchev–Trinajstić information content (AvgIpc) is 3.14. The molecule has 6 nitrogen and oxygen atoms in total. The Morgan fingerprint density at radius 1 is 1.21 bits per heavy atom. The molecular formula is C18H19N3O3. The first-order chi connectivity index (χ1) is 11.7. The lowest BCUT2D eigenvalue weighted by atomic mass is 10.0. The van der Waals surface area contributed by atoms with Gasteiger partial charge in [-0.15, -0.1) is 0 Å². The van der Waals surface area contributed by atoms with Crippen molar-refractivity contribution in [1.82, 2.24) is 14.9 Å². The fourth-order valence-corrected chi connectivity index (χ4v) is 3.88. The largest absolute Gasteiger partial charge is 0.490 e. The minimum absolute atomic E-state index is 0.164. The number of rotatable bonds is 3. The summed E-state index contributed by atoms with van der Waals surface area (Å²) in [5.74, 6) is 1.69. The first-order valence-corrected chi connectivity index (χ1v) is 8.20. The van der Waals surface area contributed by atoms with E-state index in [1.165, 1.54) is 11.2 Å². The fraction of sp³-hybridized carbons (Fsp3) is 0.389. The molecule has 1 aliphatic carbocycles. The Morgan fingerprint density at radius 3 is 2.67 bits per heavy atom. The normalized spacial score (nSPS) is 25.5. The minimum atomic E-state index is -0.806. The van der Waals surface area contributed by atoms with Crippen LogP contribution in [0, 0.1) is 11.8 Å². The topological polar surface area (TPSA) is 75.5 Å². The third-order valence-electron chi connectivity index (χ3n) is 4.99. The van der Waals surface area contributed by atoms with Gasteiger partial charge in [-0.05, 0) is 42.9 Å². The molecule has 2 aliphatic rings. The lowest BCUT2D eigenvalue weighted by molar-refractivity contribution is 0.144. The molecule has 4 rings (SSSR count). The predicted molar refractivity (Wildman–Crippen MR) is 87.7 cm³/mol. The summed E-state index contributed by atoms with van der Waals surface area (Å²) >= 11 is 0. The van der Waals surface area contributed by atoms with Crippen LogP contribution in [0.15, 0.2) is 42.9 Å². The van der Waals surface area contributed by atoms with Crippen molar-refractivity contribution in [2.45, 2.75) is 18.9 Å². The van der Waals surface area contributed by atoms with Crippen LogP contribution in [0.2, 0.25) is 0 Å². The van der Waals surface area contributed by atoms with Crippen LogP contribution in [0.25, 0.3) is 11.3 Å². The molecule has 3 atom stereocenters. The van der Waals surface area contributed by atoms with Crippen molar-refractivity contribution in [1.29, 1.82) is 0 Å². The van der Waals surface area contributed by atoms with E-state index in [4.69, 9.17) is 9.84 Å². The summed E-state index contributed by atoms with van der Waals surface area (Å²) < 4.78 is 6.16. The van der Waals surface area contributed by atoms with Crippen molar-refractivity contribution in [2.24, 2.45) is 11.8 Å². The molecule has 1 saturated carbocycles. The third-order valence-corrected chi connectivity index (χ3v) is 4.99. The molecule has 0 spiro atoms. The molecule has 1 aromatic carbocycles. The minimum Gasteiger partial charge on any atom is -0.490 e. The maximum atomic E-state index is 11.1. The summed E-state index contributed by atoms with van der Waals surface area (Å²) in [5.41, 5.74) is 1.88. The Hall–Kier alpha value is -2.63. The number of nitrogens with zero attached hydrogens (tertiary/aromatic N) is 3. The highest BCUT2D eigenvalue weighted by molar-refractivity contribution is 5.65. The van der Waals surface area contributed by atoms with E-state index in [-0.39, 0.29) is 6.10 Å². The highest BCUT2D eigenvalue weighted by Gasteiger charge is 2.43. The highest BCUT2D eigenvalue weighted by atomic mass is 16.5. The molecule has 0 unspecified atom stereocenters. The lowest BCUT2D eigenvalue weighted by Gasteiger charge is -2.18. The van der Waals surface area contributed by atoms with Crippen molar-refractivity contribution in [3.63, 3.8) is 0 Å². The molecule has 124 valence electrons. The van der Waals surface area contributed by atoms with Crippen LogP contribution in [0.1, 0.15) is 12.8 Å². The summed E-state index contributed by atoms with van der Waals surface area (Å²) in [6.45, 7) is 1.28. The van der Waals surface area contributed by atoms with Crippen LogP contribution in [0.5, 0.6) is 5.75 Å². The van der Waals surface area contributed by atoms with Gasteiger partial charge in [0, 0.05) is 24.8 Å². The molecule has 1 amide bonds. The Labute approximate surface area is 140 Å². The Balaban J connectivity index is 1.42. The zero-order chi connectivity index (χ0) is 16.5. The number of carbonyl (C=O) groups is 1. The molecule has 2 heterocycles. The molecule has 6 heteroatoms. The van der Waals surface area contributed by atoms with E-state index in [2.05, 4.69) is 9.97 Å². The molecule has 1 aliphatic heterocycles. The predicted octanol–water partition coefficient (Wildman–Crippen LogP) is 2.91. The second-order valence-electron chi connectivity index (χ2n) is 6.54. The third kappa shape index (κ3) is 2.91. The molecule has 1 saturated heterocycles. The Bertz CT molecular complexity index is 723. The van der Waals surface area contributed by atoms with E-state index in [9.17, 15) is 4.79 Å². The van der Waals surface area contributed by atoms with E-state index in [1.54, 1.807) is 6.20 Å². The van der Waals surface area contributed by atoms with Crippen molar-refractivity contribution in [3.8, 4) is 17.0 Å². The maximum absolute atomic E-state index is 11.1. The highest BCUT2D eigenvalue weighted by Crippen LogP contribution is 2.40. The quantitative estimate of drug-likeness (QED) is 0.939.